The Hall–Kier alpha value is -2.47. The number of nitrogens with one attached hydrogen (secondary N) is 1. The van der Waals surface area contributed by atoms with Crippen LogP contribution in [0, 0.1) is 6.92 Å². The van der Waals surface area contributed by atoms with E-state index < -0.39 is 0 Å². The van der Waals surface area contributed by atoms with Gasteiger partial charge in [-0.05, 0) is 31.0 Å². The van der Waals surface area contributed by atoms with Gasteiger partial charge in [-0.15, -0.1) is 11.3 Å². The number of benzene rings is 1. The topological polar surface area (TPSA) is 59.8 Å². The molecule has 0 aliphatic carbocycles. The minimum Gasteiger partial charge on any atom is -0.355 e. The summed E-state index contributed by atoms with van der Waals surface area (Å²) < 4.78 is 1.84. The lowest BCUT2D eigenvalue weighted by Crippen LogP contribution is -2.27. The van der Waals surface area contributed by atoms with E-state index in [1.54, 1.807) is 11.3 Å². The molecule has 118 valence electrons. The van der Waals surface area contributed by atoms with Crippen LogP contribution in [0.5, 0.6) is 0 Å². The van der Waals surface area contributed by atoms with Crippen molar-refractivity contribution in [3.63, 3.8) is 0 Å². The first-order valence-electron chi connectivity index (χ1n) is 7.47. The molecular weight excluding hydrogens is 308 g/mol. The minimum atomic E-state index is 0.00533. The zero-order chi connectivity index (χ0) is 16.1. The first kappa shape index (κ1) is 15.4. The lowest BCUT2D eigenvalue weighted by Gasteiger charge is -2.02. The van der Waals surface area contributed by atoms with E-state index in [1.165, 1.54) is 0 Å². The van der Waals surface area contributed by atoms with Gasteiger partial charge in [0.2, 0.25) is 5.91 Å². The van der Waals surface area contributed by atoms with Gasteiger partial charge in [0, 0.05) is 18.1 Å². The smallest absolute Gasteiger partial charge is 0.226 e. The molecule has 1 amide bonds. The number of nitrogens with zero attached hydrogens (tertiary/aromatic N) is 3. The van der Waals surface area contributed by atoms with Gasteiger partial charge in [-0.1, -0.05) is 18.2 Å². The van der Waals surface area contributed by atoms with Gasteiger partial charge in [0.25, 0.3) is 0 Å². The van der Waals surface area contributed by atoms with Crippen molar-refractivity contribution in [2.75, 3.05) is 6.54 Å². The highest BCUT2D eigenvalue weighted by molar-refractivity contribution is 7.09. The highest BCUT2D eigenvalue weighted by Gasteiger charge is 2.06. The largest absolute Gasteiger partial charge is 0.355 e. The molecule has 5 nitrogen and oxygen atoms in total. The van der Waals surface area contributed by atoms with Gasteiger partial charge in [0.05, 0.1) is 29.0 Å². The number of carbonyl (C=O) groups is 1. The van der Waals surface area contributed by atoms with Crippen molar-refractivity contribution in [2.45, 2.75) is 19.8 Å². The fourth-order valence-corrected chi connectivity index (χ4v) is 2.89. The van der Waals surface area contributed by atoms with Crippen LogP contribution < -0.4 is 5.32 Å². The number of para-hydroxylation sites is 1. The molecule has 2 heterocycles. The summed E-state index contributed by atoms with van der Waals surface area (Å²) >= 11 is 1.57. The normalized spacial score (nSPS) is 10.7. The second-order valence-electron chi connectivity index (χ2n) is 5.26. The molecule has 23 heavy (non-hydrogen) atoms. The molecule has 0 aliphatic rings. The zero-order valence-electron chi connectivity index (χ0n) is 12.9. The standard InChI is InChI=1S/C17H18N4OS/c1-13-20-15(12-23-13)9-17(22)18-8-7-14-10-19-21(11-14)16-5-3-2-4-6-16/h2-6,10-12H,7-9H2,1H3,(H,18,22). The number of carbonyl (C=O) groups excluding carboxylic acids is 1. The fraction of sp³-hybridized carbons (Fsp3) is 0.235. The molecule has 0 radical (unpaired) electrons. The molecule has 0 saturated heterocycles. The maximum Gasteiger partial charge on any atom is 0.226 e. The Kier molecular flexibility index (Phi) is 4.83. The summed E-state index contributed by atoms with van der Waals surface area (Å²) in [6.07, 6.45) is 4.93. The second kappa shape index (κ2) is 7.19. The summed E-state index contributed by atoms with van der Waals surface area (Å²) in [6, 6.07) is 9.96. The van der Waals surface area contributed by atoms with Crippen molar-refractivity contribution in [3.05, 3.63) is 64.4 Å². The van der Waals surface area contributed by atoms with E-state index in [9.17, 15) is 4.79 Å². The lowest BCUT2D eigenvalue weighted by atomic mass is 10.2. The Balaban J connectivity index is 1.47. The van der Waals surface area contributed by atoms with Crippen molar-refractivity contribution in [3.8, 4) is 5.69 Å². The van der Waals surface area contributed by atoms with Crippen LogP contribution in [-0.4, -0.2) is 27.2 Å². The second-order valence-corrected chi connectivity index (χ2v) is 6.33. The fourth-order valence-electron chi connectivity index (χ4n) is 2.27. The van der Waals surface area contributed by atoms with Gasteiger partial charge in [0.1, 0.15) is 0 Å². The van der Waals surface area contributed by atoms with Crippen molar-refractivity contribution in [1.29, 1.82) is 0 Å². The third-order valence-electron chi connectivity index (χ3n) is 3.40. The van der Waals surface area contributed by atoms with Crippen molar-refractivity contribution < 1.29 is 4.79 Å². The number of rotatable bonds is 6. The maximum atomic E-state index is 11.9. The predicted molar refractivity (Wildman–Crippen MR) is 90.8 cm³/mol. The average Bonchev–Trinajstić information content (AvgIpc) is 3.17. The molecule has 3 rings (SSSR count). The molecule has 0 atom stereocenters. The molecule has 0 bridgehead atoms. The van der Waals surface area contributed by atoms with Crippen LogP contribution in [0.2, 0.25) is 0 Å². The number of thiazole rings is 1. The molecule has 3 aromatic rings. The van der Waals surface area contributed by atoms with Crippen LogP contribution in [-0.2, 0) is 17.6 Å². The van der Waals surface area contributed by atoms with Gasteiger partial charge < -0.3 is 5.32 Å². The third-order valence-corrected chi connectivity index (χ3v) is 4.22. The summed E-state index contributed by atoms with van der Waals surface area (Å²) in [5.74, 6) is 0.00533. The Morgan fingerprint density at radius 1 is 1.30 bits per heavy atom. The Morgan fingerprint density at radius 3 is 2.87 bits per heavy atom. The molecule has 0 aliphatic heterocycles. The van der Waals surface area contributed by atoms with Crippen LogP contribution in [0.4, 0.5) is 0 Å². The first-order valence-corrected chi connectivity index (χ1v) is 8.35. The van der Waals surface area contributed by atoms with Crippen LogP contribution >= 0.6 is 11.3 Å². The molecule has 0 fully saturated rings. The van der Waals surface area contributed by atoms with E-state index in [1.807, 2.05) is 59.7 Å². The van der Waals surface area contributed by atoms with Crippen LogP contribution in [0.25, 0.3) is 5.69 Å². The Bertz CT molecular complexity index is 779. The predicted octanol–water partition coefficient (Wildman–Crippen LogP) is 2.54. The summed E-state index contributed by atoms with van der Waals surface area (Å²) in [6.45, 7) is 2.54. The molecule has 1 N–H and O–H groups in total. The molecule has 0 unspecified atom stereocenters. The highest BCUT2D eigenvalue weighted by atomic mass is 32.1. The van der Waals surface area contributed by atoms with Gasteiger partial charge in [0.15, 0.2) is 0 Å². The summed E-state index contributed by atoms with van der Waals surface area (Å²) in [5, 5.41) is 10.2. The molecule has 1 aromatic carbocycles. The monoisotopic (exact) mass is 326 g/mol. The molecule has 0 spiro atoms. The van der Waals surface area contributed by atoms with Gasteiger partial charge in [-0.2, -0.15) is 5.10 Å². The average molecular weight is 326 g/mol. The zero-order valence-corrected chi connectivity index (χ0v) is 13.7. The molecule has 0 saturated carbocycles. The van der Waals surface area contributed by atoms with E-state index in [0.29, 0.717) is 13.0 Å². The van der Waals surface area contributed by atoms with Crippen molar-refractivity contribution in [1.82, 2.24) is 20.1 Å². The third kappa shape index (κ3) is 4.26. The maximum absolute atomic E-state index is 11.9. The first-order chi connectivity index (χ1) is 11.2. The van der Waals surface area contributed by atoms with Gasteiger partial charge in [-0.25, -0.2) is 9.67 Å². The summed E-state index contributed by atoms with van der Waals surface area (Å²) in [5.41, 5.74) is 2.96. The number of aryl methyl sites for hydroxylation is 1. The number of aromatic nitrogens is 3. The van der Waals surface area contributed by atoms with Crippen LogP contribution in [0.1, 0.15) is 16.3 Å². The molecule has 2 aromatic heterocycles. The summed E-state index contributed by atoms with van der Waals surface area (Å²) in [7, 11) is 0. The number of hydrogen-bond acceptors (Lipinski definition) is 4. The van der Waals surface area contributed by atoms with Crippen LogP contribution in [0.3, 0.4) is 0 Å². The van der Waals surface area contributed by atoms with E-state index in [4.69, 9.17) is 0 Å². The Labute approximate surface area is 139 Å². The highest BCUT2D eigenvalue weighted by Crippen LogP contribution is 2.09. The van der Waals surface area contributed by atoms with Gasteiger partial charge in [-0.3, -0.25) is 4.79 Å². The number of amides is 1. The minimum absolute atomic E-state index is 0.00533. The van der Waals surface area contributed by atoms with Gasteiger partial charge >= 0.3 is 0 Å². The number of hydrogen-bond donors (Lipinski definition) is 1. The lowest BCUT2D eigenvalue weighted by molar-refractivity contribution is -0.120. The van der Waals surface area contributed by atoms with Crippen LogP contribution in [0.15, 0.2) is 48.1 Å². The Morgan fingerprint density at radius 2 is 2.13 bits per heavy atom. The quantitative estimate of drug-likeness (QED) is 0.757. The van der Waals surface area contributed by atoms with E-state index in [0.717, 1.165) is 28.4 Å². The SMILES string of the molecule is Cc1nc(CC(=O)NCCc2cnn(-c3ccccc3)c2)cs1. The summed E-state index contributed by atoms with van der Waals surface area (Å²) in [4.78, 5) is 16.2. The molecular formula is C17H18N4OS. The van der Waals surface area contributed by atoms with E-state index >= 15 is 0 Å². The van der Waals surface area contributed by atoms with E-state index in [2.05, 4.69) is 15.4 Å². The van der Waals surface area contributed by atoms with Crippen molar-refractivity contribution >= 4 is 17.2 Å². The molecule has 6 heteroatoms. The van der Waals surface area contributed by atoms with Crippen molar-refractivity contribution in [2.24, 2.45) is 0 Å². The van der Waals surface area contributed by atoms with E-state index in [-0.39, 0.29) is 5.91 Å².